The van der Waals surface area contributed by atoms with E-state index in [0.717, 1.165) is 6.92 Å². The van der Waals surface area contributed by atoms with Crippen LogP contribution in [-0.2, 0) is 4.79 Å². The van der Waals surface area contributed by atoms with Gasteiger partial charge in [-0.15, -0.1) is 0 Å². The third-order valence-corrected chi connectivity index (χ3v) is 0. The fourth-order valence-electron chi connectivity index (χ4n) is 0. The summed E-state index contributed by atoms with van der Waals surface area (Å²) in [6.07, 6.45) is 0. The van der Waals surface area contributed by atoms with Crippen molar-refractivity contribution in [1.82, 2.24) is 0 Å². The number of hydrogen-bond donors (Lipinski definition) is 1. The van der Waals surface area contributed by atoms with Gasteiger partial charge in [0, 0.05) is 6.92 Å². The first kappa shape index (κ1) is 76.8. The van der Waals surface area contributed by atoms with Crippen molar-refractivity contribution in [2.24, 2.45) is 0 Å². The SMILES string of the molecule is CC(=O)O.O.O.O.O.O.[CaH2]. The van der Waals surface area contributed by atoms with Gasteiger partial charge in [-0.2, -0.15) is 0 Å². The number of carboxylic acid groups (broad SMARTS) is 1. The number of hydrogen-bond acceptors (Lipinski definition) is 1. The van der Waals surface area contributed by atoms with E-state index in [1.54, 1.807) is 0 Å². The summed E-state index contributed by atoms with van der Waals surface area (Å²) in [5.74, 6) is -0.833. The van der Waals surface area contributed by atoms with Crippen molar-refractivity contribution in [3.8, 4) is 0 Å². The first-order valence-electron chi connectivity index (χ1n) is 0.928. The summed E-state index contributed by atoms with van der Waals surface area (Å²) in [5.41, 5.74) is 0. The third-order valence-electron chi connectivity index (χ3n) is 0. The van der Waals surface area contributed by atoms with Gasteiger partial charge in [-0.25, -0.2) is 0 Å². The fourth-order valence-corrected chi connectivity index (χ4v) is 0. The van der Waals surface area contributed by atoms with Gasteiger partial charge in [0.05, 0.1) is 0 Å². The molecule has 0 aliphatic carbocycles. The van der Waals surface area contributed by atoms with Crippen molar-refractivity contribution in [2.45, 2.75) is 6.92 Å². The molecule has 7 nitrogen and oxygen atoms in total. The molecule has 0 aromatic rings. The zero-order valence-electron chi connectivity index (χ0n) is 4.86. The molecule has 0 bridgehead atoms. The van der Waals surface area contributed by atoms with Crippen LogP contribution in [0, 0.1) is 0 Å². The molecule has 0 heterocycles. The Kier molecular flexibility index (Phi) is 427. The standard InChI is InChI=1S/C2H4O2.Ca.5H2O.2H/c1-2(3)4;;;;;;;;/h1H3,(H,3,4);;5*1H2;;. The minimum absolute atomic E-state index is 0. The Morgan fingerprint density at radius 1 is 1.00 bits per heavy atom. The Hall–Kier alpha value is 0.530. The summed E-state index contributed by atoms with van der Waals surface area (Å²) in [6, 6.07) is 0. The van der Waals surface area contributed by atoms with Crippen LogP contribution in [-0.4, -0.2) is 76.2 Å². The third kappa shape index (κ3) is 1720. The fraction of sp³-hybridized carbons (Fsp3) is 0.500. The molecule has 0 aromatic heterocycles. The van der Waals surface area contributed by atoms with Crippen molar-refractivity contribution in [3.05, 3.63) is 0 Å². The van der Waals surface area contributed by atoms with Gasteiger partial charge in [0.25, 0.3) is 5.97 Å². The van der Waals surface area contributed by atoms with Crippen LogP contribution in [0.1, 0.15) is 6.92 Å². The maximum absolute atomic E-state index is 9.00. The van der Waals surface area contributed by atoms with E-state index in [9.17, 15) is 0 Å². The maximum atomic E-state index is 9.00. The summed E-state index contributed by atoms with van der Waals surface area (Å²) in [6.45, 7) is 1.08. The Balaban J connectivity index is -0.00000000300. The van der Waals surface area contributed by atoms with Crippen molar-refractivity contribution in [2.75, 3.05) is 0 Å². The number of rotatable bonds is 0. The molecular formula is C2H16CaO7. The van der Waals surface area contributed by atoms with Gasteiger partial charge in [0.2, 0.25) is 0 Å². The van der Waals surface area contributed by atoms with Crippen molar-refractivity contribution >= 4 is 43.7 Å². The molecule has 0 aromatic carbocycles. The van der Waals surface area contributed by atoms with Gasteiger partial charge < -0.3 is 32.5 Å². The monoisotopic (exact) mass is 192 g/mol. The molecule has 0 aliphatic rings. The molecule has 11 N–H and O–H groups in total. The van der Waals surface area contributed by atoms with Crippen molar-refractivity contribution in [3.63, 3.8) is 0 Å². The average molecular weight is 192 g/mol. The topological polar surface area (TPSA) is 195 Å². The predicted octanol–water partition coefficient (Wildman–Crippen LogP) is -4.95. The number of carboxylic acids is 1. The van der Waals surface area contributed by atoms with Crippen LogP contribution in [0.15, 0.2) is 0 Å². The summed E-state index contributed by atoms with van der Waals surface area (Å²) in [4.78, 5) is 9.00. The van der Waals surface area contributed by atoms with Crippen LogP contribution in [0.2, 0.25) is 0 Å². The molecule has 68 valence electrons. The zero-order valence-corrected chi connectivity index (χ0v) is 4.86. The second kappa shape index (κ2) is 55.7. The first-order valence-corrected chi connectivity index (χ1v) is 0.928. The molecule has 0 saturated carbocycles. The molecule has 0 radical (unpaired) electrons. The molecule has 0 spiro atoms. The van der Waals surface area contributed by atoms with Crippen molar-refractivity contribution < 1.29 is 37.3 Å². The molecule has 8 heteroatoms. The second-order valence-corrected chi connectivity index (χ2v) is 0.519. The van der Waals surface area contributed by atoms with Crippen molar-refractivity contribution in [1.29, 1.82) is 0 Å². The number of carbonyl (C=O) groups is 1. The van der Waals surface area contributed by atoms with E-state index >= 15 is 0 Å². The average Bonchev–Trinajstić information content (AvgIpc) is 0.811. The molecule has 0 amide bonds. The van der Waals surface area contributed by atoms with E-state index in [1.165, 1.54) is 0 Å². The van der Waals surface area contributed by atoms with Gasteiger partial charge in [-0.3, -0.25) is 4.79 Å². The summed E-state index contributed by atoms with van der Waals surface area (Å²) < 4.78 is 0. The summed E-state index contributed by atoms with van der Waals surface area (Å²) in [7, 11) is 0. The van der Waals surface area contributed by atoms with Gasteiger partial charge in [0.15, 0.2) is 0 Å². The van der Waals surface area contributed by atoms with Crippen LogP contribution in [0.25, 0.3) is 0 Å². The Morgan fingerprint density at radius 3 is 1.00 bits per heavy atom. The molecule has 0 saturated heterocycles. The van der Waals surface area contributed by atoms with E-state index in [4.69, 9.17) is 9.90 Å². The van der Waals surface area contributed by atoms with Gasteiger partial charge in [-0.1, -0.05) is 0 Å². The quantitative estimate of drug-likeness (QED) is 0.375. The van der Waals surface area contributed by atoms with E-state index in [-0.39, 0.29) is 65.1 Å². The number of aliphatic carboxylic acids is 1. The molecule has 0 unspecified atom stereocenters. The summed E-state index contributed by atoms with van der Waals surface area (Å²) in [5, 5.41) is 7.42. The normalized spacial score (nSPS) is 2.50. The van der Waals surface area contributed by atoms with Gasteiger partial charge in [0.1, 0.15) is 0 Å². The molecule has 0 atom stereocenters. The van der Waals surface area contributed by atoms with E-state index in [2.05, 4.69) is 0 Å². The molecule has 0 aliphatic heterocycles. The Bertz CT molecular complexity index is 34.6. The predicted molar refractivity (Wildman–Crippen MR) is 39.9 cm³/mol. The molecule has 0 rings (SSSR count). The Labute approximate surface area is 87.6 Å². The first-order chi connectivity index (χ1) is 1.73. The molecule has 0 fully saturated rings. The molecular weight excluding hydrogens is 176 g/mol. The van der Waals surface area contributed by atoms with E-state index in [0.29, 0.717) is 0 Å². The van der Waals surface area contributed by atoms with Gasteiger partial charge >= 0.3 is 37.7 Å². The van der Waals surface area contributed by atoms with Crippen LogP contribution < -0.4 is 0 Å². The zero-order chi connectivity index (χ0) is 3.58. The second-order valence-electron chi connectivity index (χ2n) is 0.519. The molecule has 10 heavy (non-hydrogen) atoms. The van der Waals surface area contributed by atoms with Crippen LogP contribution in [0.3, 0.4) is 0 Å². The van der Waals surface area contributed by atoms with Crippen LogP contribution in [0.4, 0.5) is 0 Å². The van der Waals surface area contributed by atoms with E-state index in [1.807, 2.05) is 0 Å². The summed E-state index contributed by atoms with van der Waals surface area (Å²) >= 11 is 0. The minimum atomic E-state index is -0.833. The van der Waals surface area contributed by atoms with Gasteiger partial charge in [-0.05, 0) is 0 Å². The van der Waals surface area contributed by atoms with Crippen LogP contribution in [0.5, 0.6) is 0 Å². The van der Waals surface area contributed by atoms with Crippen LogP contribution >= 0.6 is 0 Å². The van der Waals surface area contributed by atoms with E-state index < -0.39 is 5.97 Å². The Morgan fingerprint density at radius 2 is 1.00 bits per heavy atom.